The zero-order chi connectivity index (χ0) is 20.0. The summed E-state index contributed by atoms with van der Waals surface area (Å²) in [5, 5.41) is 0. The second-order valence-corrected chi connectivity index (χ2v) is 10.6. The first-order chi connectivity index (χ1) is 12.9. The van der Waals surface area contributed by atoms with Crippen LogP contribution >= 0.6 is 23.7 Å². The third-order valence-corrected chi connectivity index (χ3v) is 6.43. The van der Waals surface area contributed by atoms with Crippen molar-refractivity contribution in [2.75, 3.05) is 5.75 Å². The van der Waals surface area contributed by atoms with Crippen molar-refractivity contribution in [1.29, 1.82) is 0 Å². The highest BCUT2D eigenvalue weighted by Gasteiger charge is 2.09. The van der Waals surface area contributed by atoms with Gasteiger partial charge in [0, 0.05) is 21.6 Å². The second kappa shape index (κ2) is 14.1. The average molecular weight is 410 g/mol. The highest BCUT2D eigenvalue weighted by molar-refractivity contribution is 8.00. The first-order valence-electron chi connectivity index (χ1n) is 10.1. The van der Waals surface area contributed by atoms with Crippen LogP contribution in [0.4, 0.5) is 0 Å². The summed E-state index contributed by atoms with van der Waals surface area (Å²) in [6, 6.07) is 7.28. The number of aldehydes is 1. The van der Waals surface area contributed by atoms with Gasteiger partial charge in [-0.2, -0.15) is 11.8 Å². The Morgan fingerprint density at radius 3 is 2.19 bits per heavy atom. The molecule has 0 aromatic heterocycles. The van der Waals surface area contributed by atoms with Gasteiger partial charge in [0.1, 0.15) is 0 Å². The number of benzene rings is 1. The Labute approximate surface area is 174 Å². The van der Waals surface area contributed by atoms with E-state index in [-0.39, 0.29) is 5.91 Å². The second-order valence-electron chi connectivity index (χ2n) is 7.82. The summed E-state index contributed by atoms with van der Waals surface area (Å²) < 4.78 is 3.22. The topological polar surface area (TPSA) is 46.2 Å². The van der Waals surface area contributed by atoms with Gasteiger partial charge in [-0.05, 0) is 36.6 Å². The molecule has 0 fully saturated rings. The van der Waals surface area contributed by atoms with Crippen molar-refractivity contribution in [2.24, 2.45) is 0 Å². The number of amides is 1. The van der Waals surface area contributed by atoms with Crippen LogP contribution in [0.1, 0.15) is 88.9 Å². The smallest absolute Gasteiger partial charge is 0.230 e. The maximum absolute atomic E-state index is 11.9. The summed E-state index contributed by atoms with van der Waals surface area (Å²) in [5.74, 6) is 1.31. The molecule has 1 amide bonds. The van der Waals surface area contributed by atoms with Crippen LogP contribution in [0.5, 0.6) is 0 Å². The SMILES string of the molecule is CC(C)(C)SCCCCCCCCCCC(=O)NSc1ccccc1C=O. The van der Waals surface area contributed by atoms with Gasteiger partial charge in [0.05, 0.1) is 0 Å². The summed E-state index contributed by atoms with van der Waals surface area (Å²) in [4.78, 5) is 23.6. The fourth-order valence-electron chi connectivity index (χ4n) is 2.66. The Bertz CT molecular complexity index is 555. The number of hydrogen-bond acceptors (Lipinski definition) is 4. The number of hydrogen-bond donors (Lipinski definition) is 1. The molecule has 1 rings (SSSR count). The van der Waals surface area contributed by atoms with Crippen molar-refractivity contribution in [3.63, 3.8) is 0 Å². The molecule has 3 nitrogen and oxygen atoms in total. The summed E-state index contributed by atoms with van der Waals surface area (Å²) in [5.41, 5.74) is 0.611. The van der Waals surface area contributed by atoms with Gasteiger partial charge in [0.25, 0.3) is 0 Å². The molecule has 1 aromatic carbocycles. The van der Waals surface area contributed by atoms with Crippen LogP contribution in [-0.4, -0.2) is 22.7 Å². The normalized spacial score (nSPS) is 11.4. The van der Waals surface area contributed by atoms with Gasteiger partial charge in [-0.3, -0.25) is 14.3 Å². The lowest BCUT2D eigenvalue weighted by Crippen LogP contribution is -2.15. The van der Waals surface area contributed by atoms with Gasteiger partial charge in [0.2, 0.25) is 5.91 Å². The average Bonchev–Trinajstić information content (AvgIpc) is 2.63. The van der Waals surface area contributed by atoms with Crippen molar-refractivity contribution >= 4 is 35.9 Å². The van der Waals surface area contributed by atoms with Crippen LogP contribution < -0.4 is 4.72 Å². The third kappa shape index (κ3) is 13.0. The highest BCUT2D eigenvalue weighted by atomic mass is 32.2. The molecule has 0 saturated heterocycles. The first-order valence-corrected chi connectivity index (χ1v) is 11.9. The molecule has 1 N–H and O–H groups in total. The highest BCUT2D eigenvalue weighted by Crippen LogP contribution is 2.24. The molecule has 0 aliphatic rings. The lowest BCUT2D eigenvalue weighted by atomic mass is 10.1. The predicted octanol–water partition coefficient (Wildman–Crippen LogP) is 6.67. The van der Waals surface area contributed by atoms with Crippen LogP contribution in [0.3, 0.4) is 0 Å². The maximum Gasteiger partial charge on any atom is 0.230 e. The Balaban J connectivity index is 1.94. The van der Waals surface area contributed by atoms with E-state index in [1.54, 1.807) is 6.07 Å². The number of carbonyl (C=O) groups is 2. The Morgan fingerprint density at radius 1 is 0.963 bits per heavy atom. The van der Waals surface area contributed by atoms with Crippen LogP contribution in [0.15, 0.2) is 29.2 Å². The monoisotopic (exact) mass is 409 g/mol. The molecule has 0 atom stereocenters. The minimum absolute atomic E-state index is 0.0389. The van der Waals surface area contributed by atoms with E-state index < -0.39 is 0 Å². The molecule has 152 valence electrons. The fraction of sp³-hybridized carbons (Fsp3) is 0.636. The molecular formula is C22H35NO2S2. The molecule has 0 radical (unpaired) electrons. The summed E-state index contributed by atoms with van der Waals surface area (Å²) in [6.45, 7) is 6.84. The third-order valence-electron chi connectivity index (χ3n) is 4.15. The maximum atomic E-state index is 11.9. The van der Waals surface area contributed by atoms with Gasteiger partial charge >= 0.3 is 0 Å². The number of rotatable bonds is 14. The van der Waals surface area contributed by atoms with E-state index >= 15 is 0 Å². The number of carbonyl (C=O) groups excluding carboxylic acids is 2. The largest absolute Gasteiger partial charge is 0.298 e. The van der Waals surface area contributed by atoms with Crippen molar-refractivity contribution in [1.82, 2.24) is 4.72 Å². The fourth-order valence-corrected chi connectivity index (χ4v) is 4.33. The summed E-state index contributed by atoms with van der Waals surface area (Å²) in [6.07, 6.45) is 11.2. The van der Waals surface area contributed by atoms with E-state index in [2.05, 4.69) is 37.3 Å². The zero-order valence-corrected chi connectivity index (χ0v) is 18.7. The Hall–Kier alpha value is -0.940. The predicted molar refractivity (Wildman–Crippen MR) is 120 cm³/mol. The summed E-state index contributed by atoms with van der Waals surface area (Å²) in [7, 11) is 0. The van der Waals surface area contributed by atoms with Crippen molar-refractivity contribution < 1.29 is 9.59 Å². The van der Waals surface area contributed by atoms with Gasteiger partial charge in [-0.25, -0.2) is 0 Å². The van der Waals surface area contributed by atoms with Crippen LogP contribution in [0, 0.1) is 0 Å². The van der Waals surface area contributed by atoms with Gasteiger partial charge in [-0.15, -0.1) is 0 Å². The molecule has 27 heavy (non-hydrogen) atoms. The van der Waals surface area contributed by atoms with E-state index in [0.717, 1.165) is 24.0 Å². The molecule has 0 bridgehead atoms. The minimum atomic E-state index is 0.0389. The molecule has 1 aromatic rings. The minimum Gasteiger partial charge on any atom is -0.298 e. The van der Waals surface area contributed by atoms with E-state index in [1.807, 2.05) is 18.2 Å². The van der Waals surface area contributed by atoms with Crippen LogP contribution in [0.25, 0.3) is 0 Å². The van der Waals surface area contributed by atoms with E-state index in [0.29, 0.717) is 16.7 Å². The van der Waals surface area contributed by atoms with Crippen LogP contribution in [-0.2, 0) is 4.79 Å². The van der Waals surface area contributed by atoms with Gasteiger partial charge < -0.3 is 0 Å². The molecule has 0 unspecified atom stereocenters. The Morgan fingerprint density at radius 2 is 1.56 bits per heavy atom. The molecule has 0 spiro atoms. The van der Waals surface area contributed by atoms with Crippen LogP contribution in [0.2, 0.25) is 0 Å². The molecule has 0 saturated carbocycles. The van der Waals surface area contributed by atoms with E-state index in [9.17, 15) is 9.59 Å². The van der Waals surface area contributed by atoms with Gasteiger partial charge in [-0.1, -0.05) is 77.5 Å². The number of nitrogens with one attached hydrogen (secondary N) is 1. The van der Waals surface area contributed by atoms with Crippen molar-refractivity contribution in [3.8, 4) is 0 Å². The molecular weight excluding hydrogens is 374 g/mol. The van der Waals surface area contributed by atoms with E-state index in [1.165, 1.54) is 56.2 Å². The lowest BCUT2D eigenvalue weighted by molar-refractivity contribution is -0.119. The molecule has 0 aliphatic heterocycles. The molecule has 0 aliphatic carbocycles. The molecule has 0 heterocycles. The quantitative estimate of drug-likeness (QED) is 0.212. The number of thioether (sulfide) groups is 1. The van der Waals surface area contributed by atoms with E-state index in [4.69, 9.17) is 0 Å². The molecule has 5 heteroatoms. The van der Waals surface area contributed by atoms with Crippen molar-refractivity contribution in [3.05, 3.63) is 29.8 Å². The zero-order valence-electron chi connectivity index (χ0n) is 17.1. The summed E-state index contributed by atoms with van der Waals surface area (Å²) >= 11 is 3.29. The first kappa shape index (κ1) is 24.1. The Kier molecular flexibility index (Phi) is 12.6. The van der Waals surface area contributed by atoms with Crippen molar-refractivity contribution in [2.45, 2.75) is 88.2 Å². The standard InChI is InChI=1S/C22H35NO2S2/c1-22(2,3)26-17-13-9-7-5-4-6-8-10-16-21(25)23-27-20-15-12-11-14-19(20)18-24/h11-12,14-15,18H,4-10,13,16-17H2,1-3H3,(H,23,25). The lowest BCUT2D eigenvalue weighted by Gasteiger charge is -2.17. The van der Waals surface area contributed by atoms with Gasteiger partial charge in [0.15, 0.2) is 6.29 Å². The number of unbranched alkanes of at least 4 members (excludes halogenated alkanes) is 7.